The van der Waals surface area contributed by atoms with Crippen LogP contribution >= 0.6 is 11.8 Å². The van der Waals surface area contributed by atoms with Crippen LogP contribution in [0, 0.1) is 0 Å². The molecule has 154 valence electrons. The molecule has 0 spiro atoms. The Morgan fingerprint density at radius 1 is 1.30 bits per heavy atom. The Bertz CT molecular complexity index is 892. The quantitative estimate of drug-likeness (QED) is 0.259. The number of carbonyl (C=O) groups excluding carboxylic acids is 4. The smallest absolute Gasteiger partial charge is 0.543 e. The monoisotopic (exact) mass is 442 g/mol. The molecular formula is C19H19N2NaO7S. The number of methoxy groups -OCH3 is 1. The molecule has 2 heterocycles. The summed E-state index contributed by atoms with van der Waals surface area (Å²) >= 11 is 1.13. The predicted octanol–water partition coefficient (Wildman–Crippen LogP) is -3.83. The number of amides is 2. The van der Waals surface area contributed by atoms with Crippen molar-refractivity contribution >= 4 is 35.5 Å². The van der Waals surface area contributed by atoms with Gasteiger partial charge >= 0.3 is 35.5 Å². The number of aliphatic carboxylic acids is 1. The number of thioether (sulfide) groups is 1. The van der Waals surface area contributed by atoms with Crippen LogP contribution in [0.25, 0.3) is 0 Å². The third-order valence-electron chi connectivity index (χ3n) is 4.60. The number of nitrogens with one attached hydrogen (secondary N) is 1. The maximum Gasteiger partial charge on any atom is 1.00 e. The van der Waals surface area contributed by atoms with Crippen molar-refractivity contribution in [2.24, 2.45) is 0 Å². The Morgan fingerprint density at radius 2 is 1.97 bits per heavy atom. The van der Waals surface area contributed by atoms with Gasteiger partial charge in [0, 0.05) is 25.4 Å². The van der Waals surface area contributed by atoms with Crippen LogP contribution < -0.4 is 40.0 Å². The average molecular weight is 442 g/mol. The average Bonchev–Trinajstić information content (AvgIpc) is 2.69. The number of hydrogen-bond donors (Lipinski definition) is 1. The van der Waals surface area contributed by atoms with Crippen molar-refractivity contribution in [3.8, 4) is 0 Å². The summed E-state index contributed by atoms with van der Waals surface area (Å²) in [6, 6.07) is 7.94. The minimum atomic E-state index is -1.59. The fraction of sp³-hybridized carbons (Fsp3) is 0.368. The van der Waals surface area contributed by atoms with Gasteiger partial charge in [0.15, 0.2) is 6.04 Å². The molecule has 30 heavy (non-hydrogen) atoms. The molecule has 2 amide bonds. The SMILES string of the molecule is COC12SCC(COC(C)=O)=C(C(=O)[O-])N1C(=O)C2NC(=O)Cc1ccccc1.[Na+]. The van der Waals surface area contributed by atoms with E-state index in [0.29, 0.717) is 0 Å². The van der Waals surface area contributed by atoms with Crippen LogP contribution in [0.5, 0.6) is 0 Å². The van der Waals surface area contributed by atoms with Crippen molar-refractivity contribution in [1.82, 2.24) is 10.2 Å². The molecule has 0 radical (unpaired) electrons. The minimum absolute atomic E-state index is 0. The van der Waals surface area contributed by atoms with Gasteiger partial charge < -0.3 is 24.7 Å². The number of rotatable bonds is 7. The van der Waals surface area contributed by atoms with E-state index >= 15 is 0 Å². The third-order valence-corrected chi connectivity index (χ3v) is 6.10. The van der Waals surface area contributed by atoms with Crippen LogP contribution in [-0.2, 0) is 35.1 Å². The van der Waals surface area contributed by atoms with E-state index in [4.69, 9.17) is 9.47 Å². The fourth-order valence-corrected chi connectivity index (χ4v) is 4.64. The number of β-lactam (4-membered cyclic amide) rings is 1. The van der Waals surface area contributed by atoms with Crippen LogP contribution in [0.4, 0.5) is 0 Å². The molecule has 2 aliphatic rings. The van der Waals surface area contributed by atoms with E-state index in [0.717, 1.165) is 22.2 Å². The molecule has 0 aromatic heterocycles. The largest absolute Gasteiger partial charge is 1.00 e. The molecule has 0 bridgehead atoms. The molecule has 1 fully saturated rings. The number of carboxylic acids is 1. The number of carbonyl (C=O) groups is 4. The zero-order valence-corrected chi connectivity index (χ0v) is 19.6. The molecule has 2 atom stereocenters. The molecule has 9 nitrogen and oxygen atoms in total. The fourth-order valence-electron chi connectivity index (χ4n) is 3.28. The first-order valence-electron chi connectivity index (χ1n) is 8.73. The number of carboxylic acid groups (broad SMARTS) is 1. The van der Waals surface area contributed by atoms with E-state index in [9.17, 15) is 24.3 Å². The molecule has 0 aliphatic carbocycles. The topological polar surface area (TPSA) is 125 Å². The summed E-state index contributed by atoms with van der Waals surface area (Å²) in [6.07, 6.45) is 0.0654. The van der Waals surface area contributed by atoms with Crippen LogP contribution in [0.1, 0.15) is 12.5 Å². The zero-order valence-electron chi connectivity index (χ0n) is 16.8. The number of hydrogen-bond acceptors (Lipinski definition) is 8. The van der Waals surface area contributed by atoms with Crippen molar-refractivity contribution in [2.75, 3.05) is 19.5 Å². The van der Waals surface area contributed by atoms with Gasteiger partial charge in [-0.1, -0.05) is 42.1 Å². The third kappa shape index (κ3) is 4.57. The first kappa shape index (κ1) is 24.4. The molecule has 11 heteroatoms. The standard InChI is InChI=1S/C19H20N2O7S.Na/c1-11(22)28-9-13-10-29-19(27-2)16(17(24)21(19)15(13)18(25)26)20-14(23)8-12-6-4-3-5-7-12;/h3-7,16H,8-10H2,1-2H3,(H,20,23)(H,25,26);/q;+1/p-1. The maximum atomic E-state index is 12.7. The Kier molecular flexibility index (Phi) is 8.12. The van der Waals surface area contributed by atoms with Gasteiger partial charge in [0.25, 0.3) is 5.91 Å². The summed E-state index contributed by atoms with van der Waals surface area (Å²) in [5.74, 6) is -3.07. The van der Waals surface area contributed by atoms with E-state index in [2.05, 4.69) is 5.32 Å². The van der Waals surface area contributed by atoms with Gasteiger partial charge in [-0.05, 0) is 5.56 Å². The minimum Gasteiger partial charge on any atom is -0.543 e. The van der Waals surface area contributed by atoms with Gasteiger partial charge in [0.2, 0.25) is 11.0 Å². The number of nitrogens with zero attached hydrogens (tertiary/aromatic N) is 1. The number of benzene rings is 1. The Balaban J connectivity index is 0.00000320. The molecule has 3 rings (SSSR count). The van der Waals surface area contributed by atoms with Gasteiger partial charge in [0.1, 0.15) is 6.61 Å². The second-order valence-electron chi connectivity index (χ2n) is 6.48. The Morgan fingerprint density at radius 3 is 2.53 bits per heavy atom. The normalized spacial score (nSPS) is 22.4. The van der Waals surface area contributed by atoms with Crippen LogP contribution in [-0.4, -0.2) is 59.2 Å². The second kappa shape index (κ2) is 9.97. The maximum absolute atomic E-state index is 12.7. The first-order chi connectivity index (χ1) is 13.8. The van der Waals surface area contributed by atoms with Crippen LogP contribution in [0.3, 0.4) is 0 Å². The predicted molar refractivity (Wildman–Crippen MR) is 99.8 cm³/mol. The summed E-state index contributed by atoms with van der Waals surface area (Å²) in [7, 11) is 1.33. The van der Waals surface area contributed by atoms with E-state index in [1.165, 1.54) is 14.0 Å². The molecule has 1 N–H and O–H groups in total. The molecular weight excluding hydrogens is 423 g/mol. The van der Waals surface area contributed by atoms with E-state index in [-0.39, 0.29) is 53.9 Å². The van der Waals surface area contributed by atoms with Gasteiger partial charge in [0.05, 0.1) is 18.1 Å². The van der Waals surface area contributed by atoms with Crippen molar-refractivity contribution in [3.05, 3.63) is 47.2 Å². The number of ether oxygens (including phenoxy) is 2. The van der Waals surface area contributed by atoms with Crippen molar-refractivity contribution in [2.45, 2.75) is 24.4 Å². The van der Waals surface area contributed by atoms with Crippen molar-refractivity contribution in [1.29, 1.82) is 0 Å². The summed E-state index contributed by atoms with van der Waals surface area (Å²) in [6.45, 7) is 0.919. The van der Waals surface area contributed by atoms with Crippen LogP contribution in [0.2, 0.25) is 0 Å². The molecule has 1 aromatic rings. The molecule has 0 saturated carbocycles. The van der Waals surface area contributed by atoms with E-state index in [1.807, 2.05) is 6.07 Å². The molecule has 2 aliphatic heterocycles. The number of esters is 1. The summed E-state index contributed by atoms with van der Waals surface area (Å²) in [5.41, 5.74) is 0.598. The van der Waals surface area contributed by atoms with Gasteiger partial charge in [-0.2, -0.15) is 0 Å². The van der Waals surface area contributed by atoms with E-state index < -0.39 is 40.5 Å². The first-order valence-corrected chi connectivity index (χ1v) is 9.72. The summed E-state index contributed by atoms with van der Waals surface area (Å²) < 4.78 is 10.4. The van der Waals surface area contributed by atoms with Crippen molar-refractivity contribution in [3.63, 3.8) is 0 Å². The Labute approximate surface area is 199 Å². The molecule has 1 aromatic carbocycles. The summed E-state index contributed by atoms with van der Waals surface area (Å²) in [5, 5.41) is 12.9. The Hall–Kier alpha value is -1.85. The van der Waals surface area contributed by atoms with Gasteiger partial charge in [-0.25, -0.2) is 0 Å². The molecule has 1 saturated heterocycles. The molecule has 2 unspecified atom stereocenters. The van der Waals surface area contributed by atoms with E-state index in [1.54, 1.807) is 24.3 Å². The van der Waals surface area contributed by atoms with Crippen molar-refractivity contribution < 1.29 is 63.3 Å². The summed E-state index contributed by atoms with van der Waals surface area (Å²) in [4.78, 5) is 48.9. The van der Waals surface area contributed by atoms with Gasteiger partial charge in [-0.3, -0.25) is 19.3 Å². The van der Waals surface area contributed by atoms with Crippen LogP contribution in [0.15, 0.2) is 41.6 Å². The van der Waals surface area contributed by atoms with Gasteiger partial charge in [-0.15, -0.1) is 0 Å². The zero-order chi connectivity index (χ0) is 21.2. The number of fused-ring (bicyclic) bond motifs is 1. The second-order valence-corrected chi connectivity index (χ2v) is 7.64.